The van der Waals surface area contributed by atoms with E-state index in [4.69, 9.17) is 4.74 Å². The molecule has 1 aromatic heterocycles. The molecule has 8 heteroatoms. The Kier molecular flexibility index (Phi) is 7.84. The fourth-order valence-corrected chi connectivity index (χ4v) is 4.30. The first kappa shape index (κ1) is 25.8. The molecule has 0 N–H and O–H groups in total. The number of hydrogen-bond donors (Lipinski definition) is 0. The first-order chi connectivity index (χ1) is 16.8. The Morgan fingerprint density at radius 1 is 1.03 bits per heavy atom. The Bertz CT molecular complexity index is 1240. The molecule has 1 aliphatic heterocycles. The summed E-state index contributed by atoms with van der Waals surface area (Å²) in [6, 6.07) is 12.6. The molecule has 35 heavy (non-hydrogen) atoms. The van der Waals surface area contributed by atoms with Crippen molar-refractivity contribution in [2.24, 2.45) is 0 Å². The number of rotatable bonds is 6. The molecule has 0 bridgehead atoms. The largest absolute Gasteiger partial charge is 0.494 e. The Hall–Kier alpha value is -3.81. The highest BCUT2D eigenvalue weighted by Gasteiger charge is 2.35. The second-order valence-corrected chi connectivity index (χ2v) is 8.19. The van der Waals surface area contributed by atoms with Crippen molar-refractivity contribution in [1.82, 2.24) is 14.4 Å². The summed E-state index contributed by atoms with van der Waals surface area (Å²) in [4.78, 5) is 42.0. The maximum absolute atomic E-state index is 13.3. The minimum absolute atomic E-state index is 0.0638. The normalized spacial score (nSPS) is 13.2. The molecule has 8 nitrogen and oxygen atoms in total. The van der Waals surface area contributed by atoms with Gasteiger partial charge in [0.05, 0.1) is 29.1 Å². The minimum atomic E-state index is -0.345. The zero-order valence-corrected chi connectivity index (χ0v) is 21.6. The van der Waals surface area contributed by atoms with E-state index in [1.54, 1.807) is 38.2 Å². The molecule has 1 fully saturated rings. The molecular formula is C27H34N4O4. The Labute approximate surface area is 206 Å². The van der Waals surface area contributed by atoms with Gasteiger partial charge in [0, 0.05) is 39.1 Å². The van der Waals surface area contributed by atoms with Crippen LogP contribution in [0.25, 0.3) is 22.2 Å². The Balaban J connectivity index is 0.00000167. The third-order valence-electron chi connectivity index (χ3n) is 5.82. The lowest BCUT2D eigenvalue weighted by molar-refractivity contribution is -0.116. The van der Waals surface area contributed by atoms with E-state index in [1.807, 2.05) is 58.0 Å². The van der Waals surface area contributed by atoms with Gasteiger partial charge in [-0.3, -0.25) is 9.59 Å². The number of carbonyl (C=O) groups is 3. The lowest BCUT2D eigenvalue weighted by atomic mass is 10.0. The number of likely N-dealkylation sites (N-methyl/N-ethyl adjacent to an activating group) is 1. The Morgan fingerprint density at radius 2 is 1.69 bits per heavy atom. The number of anilines is 1. The van der Waals surface area contributed by atoms with Gasteiger partial charge in [-0.1, -0.05) is 26.0 Å². The second kappa shape index (κ2) is 10.6. The highest BCUT2D eigenvalue weighted by molar-refractivity contribution is 6.20. The maximum Gasteiger partial charge on any atom is 0.331 e. The van der Waals surface area contributed by atoms with E-state index in [-0.39, 0.29) is 24.4 Å². The first-order valence-electron chi connectivity index (χ1n) is 12.0. The van der Waals surface area contributed by atoms with Crippen LogP contribution in [0.15, 0.2) is 42.5 Å². The molecule has 4 amide bonds. The van der Waals surface area contributed by atoms with Crippen LogP contribution in [0.1, 0.15) is 38.1 Å². The van der Waals surface area contributed by atoms with Crippen molar-refractivity contribution in [1.29, 1.82) is 0 Å². The predicted molar refractivity (Wildman–Crippen MR) is 139 cm³/mol. The summed E-state index contributed by atoms with van der Waals surface area (Å²) in [5, 5.41) is 0.851. The van der Waals surface area contributed by atoms with Crippen LogP contribution >= 0.6 is 0 Å². The molecule has 0 radical (unpaired) electrons. The van der Waals surface area contributed by atoms with Crippen LogP contribution in [0.2, 0.25) is 0 Å². The molecule has 4 rings (SSSR count). The number of imide groups is 1. The van der Waals surface area contributed by atoms with Gasteiger partial charge in [-0.25, -0.2) is 9.69 Å². The summed E-state index contributed by atoms with van der Waals surface area (Å²) in [7, 11) is 5.07. The SMILES string of the molecule is CC.CCOc1ccc2c(C(=O)N(C)C)c(-c3ccc(N4C(=O)CN(C)C4=O)cc3)n(CC)c2c1. The van der Waals surface area contributed by atoms with Gasteiger partial charge in [-0.2, -0.15) is 0 Å². The van der Waals surface area contributed by atoms with Crippen LogP contribution < -0.4 is 9.64 Å². The van der Waals surface area contributed by atoms with Crippen molar-refractivity contribution in [3.05, 3.63) is 48.0 Å². The molecule has 2 heterocycles. The number of urea groups is 1. The number of hydrogen-bond acceptors (Lipinski definition) is 4. The highest BCUT2D eigenvalue weighted by atomic mass is 16.5. The van der Waals surface area contributed by atoms with Gasteiger partial charge >= 0.3 is 6.03 Å². The van der Waals surface area contributed by atoms with E-state index in [1.165, 1.54) is 9.80 Å². The third kappa shape index (κ3) is 4.60. The summed E-state index contributed by atoms with van der Waals surface area (Å²) >= 11 is 0. The van der Waals surface area contributed by atoms with Gasteiger partial charge in [0.25, 0.3) is 11.8 Å². The number of fused-ring (bicyclic) bond motifs is 1. The predicted octanol–water partition coefficient (Wildman–Crippen LogP) is 4.85. The van der Waals surface area contributed by atoms with Crippen molar-refractivity contribution < 1.29 is 19.1 Å². The molecule has 0 spiro atoms. The summed E-state index contributed by atoms with van der Waals surface area (Å²) in [6.07, 6.45) is 0. The molecule has 2 aromatic carbocycles. The zero-order chi connectivity index (χ0) is 25.9. The van der Waals surface area contributed by atoms with E-state index in [2.05, 4.69) is 4.57 Å². The molecular weight excluding hydrogens is 444 g/mol. The number of benzene rings is 2. The maximum atomic E-state index is 13.3. The van der Waals surface area contributed by atoms with Crippen molar-refractivity contribution in [3.63, 3.8) is 0 Å². The van der Waals surface area contributed by atoms with E-state index in [9.17, 15) is 14.4 Å². The fraction of sp³-hybridized carbons (Fsp3) is 0.370. The molecule has 0 atom stereocenters. The lowest BCUT2D eigenvalue weighted by Gasteiger charge is -2.16. The topological polar surface area (TPSA) is 75.1 Å². The quantitative estimate of drug-likeness (QED) is 0.475. The van der Waals surface area contributed by atoms with Crippen LogP contribution in [-0.2, 0) is 11.3 Å². The summed E-state index contributed by atoms with van der Waals surface area (Å²) < 4.78 is 7.80. The number of aryl methyl sites for hydroxylation is 1. The summed E-state index contributed by atoms with van der Waals surface area (Å²) in [5.74, 6) is 0.393. The van der Waals surface area contributed by atoms with Gasteiger partial charge in [-0.05, 0) is 43.7 Å². The van der Waals surface area contributed by atoms with Gasteiger partial charge in [0.1, 0.15) is 12.3 Å². The number of carbonyl (C=O) groups excluding carboxylic acids is 3. The molecule has 186 valence electrons. The van der Waals surface area contributed by atoms with Crippen LogP contribution in [0, 0.1) is 0 Å². The first-order valence-corrected chi connectivity index (χ1v) is 12.0. The molecule has 0 unspecified atom stereocenters. The molecule has 3 aromatic rings. The number of aromatic nitrogens is 1. The molecule has 0 aliphatic carbocycles. The van der Waals surface area contributed by atoms with Crippen molar-refractivity contribution >= 4 is 34.4 Å². The highest BCUT2D eigenvalue weighted by Crippen LogP contribution is 2.37. The molecule has 1 aliphatic rings. The average molecular weight is 479 g/mol. The van der Waals surface area contributed by atoms with Crippen molar-refractivity contribution in [3.8, 4) is 17.0 Å². The van der Waals surface area contributed by atoms with Gasteiger partial charge in [0.15, 0.2) is 0 Å². The summed E-state index contributed by atoms with van der Waals surface area (Å²) in [5.41, 5.74) is 3.66. The van der Waals surface area contributed by atoms with E-state index >= 15 is 0 Å². The second-order valence-electron chi connectivity index (χ2n) is 8.19. The van der Waals surface area contributed by atoms with Gasteiger partial charge in [-0.15, -0.1) is 0 Å². The van der Waals surface area contributed by atoms with E-state index in [0.717, 1.165) is 27.9 Å². The zero-order valence-electron chi connectivity index (χ0n) is 21.6. The van der Waals surface area contributed by atoms with Crippen LogP contribution in [0.3, 0.4) is 0 Å². The van der Waals surface area contributed by atoms with Gasteiger partial charge in [0.2, 0.25) is 0 Å². The Morgan fingerprint density at radius 3 is 2.20 bits per heavy atom. The van der Waals surface area contributed by atoms with Crippen molar-refractivity contribution in [2.75, 3.05) is 39.2 Å². The van der Waals surface area contributed by atoms with Crippen molar-refractivity contribution in [2.45, 2.75) is 34.2 Å². The molecule has 0 saturated carbocycles. The third-order valence-corrected chi connectivity index (χ3v) is 5.82. The van der Waals surface area contributed by atoms with E-state index in [0.29, 0.717) is 24.4 Å². The van der Waals surface area contributed by atoms with E-state index < -0.39 is 0 Å². The number of amides is 4. The monoisotopic (exact) mass is 478 g/mol. The van der Waals surface area contributed by atoms with Crippen LogP contribution in [0.4, 0.5) is 10.5 Å². The summed E-state index contributed by atoms with van der Waals surface area (Å²) in [6.45, 7) is 9.24. The van der Waals surface area contributed by atoms with Crippen LogP contribution in [-0.4, -0.2) is 66.5 Å². The smallest absolute Gasteiger partial charge is 0.331 e. The standard InChI is InChI=1S/C25H28N4O4.C2H6/c1-6-28-20-14-18(33-7-2)12-13-19(20)22(24(31)26(3)4)23(28)16-8-10-17(11-9-16)29-21(30)15-27(5)25(29)32;1-2/h8-14H,6-7,15H2,1-5H3;1-2H3. The number of ether oxygens (including phenoxy) is 1. The lowest BCUT2D eigenvalue weighted by Crippen LogP contribution is -2.31. The average Bonchev–Trinajstić information content (AvgIpc) is 3.32. The number of nitrogens with zero attached hydrogens (tertiary/aromatic N) is 4. The molecule has 1 saturated heterocycles. The van der Waals surface area contributed by atoms with Gasteiger partial charge < -0.3 is 19.1 Å². The minimum Gasteiger partial charge on any atom is -0.494 e. The fourth-order valence-electron chi connectivity index (χ4n) is 4.30. The van der Waals surface area contributed by atoms with Crippen LogP contribution in [0.5, 0.6) is 5.75 Å².